The topological polar surface area (TPSA) is 129 Å². The van der Waals surface area contributed by atoms with Gasteiger partial charge in [0.05, 0.1) is 18.4 Å². The Morgan fingerprint density at radius 1 is 1.20 bits per heavy atom. The highest BCUT2D eigenvalue weighted by atomic mass is 16.4. The minimum Gasteiger partial charge on any atom is -0.480 e. The predicted octanol–water partition coefficient (Wildman–Crippen LogP) is 3.55. The Labute approximate surface area is 240 Å². The second-order valence-corrected chi connectivity index (χ2v) is 11.1. The maximum absolute atomic E-state index is 13.3. The van der Waals surface area contributed by atoms with Crippen molar-refractivity contribution in [2.45, 2.75) is 64.8 Å². The van der Waals surface area contributed by atoms with Gasteiger partial charge in [-0.05, 0) is 86.3 Å². The molecule has 2 aromatic heterocycles. The summed E-state index contributed by atoms with van der Waals surface area (Å²) in [6.45, 7) is 5.89. The molecule has 3 aromatic rings. The summed E-state index contributed by atoms with van der Waals surface area (Å²) in [7, 11) is 0. The van der Waals surface area contributed by atoms with E-state index in [1.807, 2.05) is 47.7 Å². The standard InChI is InChI=1S/C31H38N6O4/c1-3-22-17-25(37-14-11-32-19-37)15-20(2)28(22)30(39)35-26(31(40)41)16-21-8-12-36(13-9-21)27(38)18-24-7-6-23-5-4-10-33-29(23)34-24/h6-7,11,14-15,17,19,21,26H,3-5,8-10,12-13,16,18H2,1-2H3,(H,33,34)(H,35,39)(H,40,41). The third-order valence-corrected chi connectivity index (χ3v) is 8.24. The lowest BCUT2D eigenvalue weighted by atomic mass is 9.89. The zero-order valence-electron chi connectivity index (χ0n) is 23.7. The van der Waals surface area contributed by atoms with Crippen molar-refractivity contribution < 1.29 is 19.5 Å². The first kappa shape index (κ1) is 28.3. The lowest BCUT2D eigenvalue weighted by Gasteiger charge is -2.33. The Bertz CT molecular complexity index is 1410. The molecule has 1 unspecified atom stereocenters. The largest absolute Gasteiger partial charge is 0.480 e. The van der Waals surface area contributed by atoms with Gasteiger partial charge in [0.2, 0.25) is 5.91 Å². The Morgan fingerprint density at radius 2 is 2.00 bits per heavy atom. The molecule has 10 nitrogen and oxygen atoms in total. The number of nitrogens with one attached hydrogen (secondary N) is 2. The minimum atomic E-state index is -1.05. The van der Waals surface area contributed by atoms with Crippen LogP contribution >= 0.6 is 0 Å². The van der Waals surface area contributed by atoms with Gasteiger partial charge in [0.25, 0.3) is 5.91 Å². The summed E-state index contributed by atoms with van der Waals surface area (Å²) in [5, 5.41) is 16.1. The minimum absolute atomic E-state index is 0.0384. The van der Waals surface area contributed by atoms with Gasteiger partial charge < -0.3 is 25.2 Å². The van der Waals surface area contributed by atoms with Crippen molar-refractivity contribution in [1.82, 2.24) is 24.8 Å². The van der Waals surface area contributed by atoms with Crippen LogP contribution < -0.4 is 10.6 Å². The van der Waals surface area contributed by atoms with E-state index in [0.717, 1.165) is 47.7 Å². The molecular formula is C31H38N6O4. The number of aliphatic carboxylic acids is 1. The van der Waals surface area contributed by atoms with Crippen LogP contribution in [-0.2, 0) is 28.9 Å². The molecule has 1 atom stereocenters. The van der Waals surface area contributed by atoms with Crippen molar-refractivity contribution in [3.8, 4) is 5.69 Å². The number of aromatic nitrogens is 3. The van der Waals surface area contributed by atoms with Gasteiger partial charge >= 0.3 is 5.97 Å². The maximum Gasteiger partial charge on any atom is 0.326 e. The number of carboxylic acids is 1. The molecule has 2 amide bonds. The molecule has 10 heteroatoms. The van der Waals surface area contributed by atoms with Gasteiger partial charge in [0, 0.05) is 43.3 Å². The summed E-state index contributed by atoms with van der Waals surface area (Å²) >= 11 is 0. The van der Waals surface area contributed by atoms with Crippen molar-refractivity contribution >= 4 is 23.6 Å². The van der Waals surface area contributed by atoms with Crippen LogP contribution in [-0.4, -0.2) is 68.0 Å². The van der Waals surface area contributed by atoms with Crippen LogP contribution in [0.3, 0.4) is 0 Å². The fourth-order valence-corrected chi connectivity index (χ4v) is 5.94. The number of piperidine rings is 1. The zero-order chi connectivity index (χ0) is 28.9. The molecule has 216 valence electrons. The molecule has 4 heterocycles. The summed E-state index contributed by atoms with van der Waals surface area (Å²) in [6, 6.07) is 6.85. The molecule has 0 aliphatic carbocycles. The number of hydrogen-bond donors (Lipinski definition) is 3. The van der Waals surface area contributed by atoms with Gasteiger partial charge in [-0.25, -0.2) is 14.8 Å². The number of carbonyl (C=O) groups is 3. The lowest BCUT2D eigenvalue weighted by Crippen LogP contribution is -2.45. The zero-order valence-corrected chi connectivity index (χ0v) is 23.7. The molecule has 0 spiro atoms. The molecule has 2 aliphatic heterocycles. The molecule has 5 rings (SSSR count). The number of aryl methyl sites for hydroxylation is 3. The summed E-state index contributed by atoms with van der Waals surface area (Å²) in [6.07, 6.45) is 9.96. The van der Waals surface area contributed by atoms with E-state index in [0.29, 0.717) is 44.3 Å². The quantitative estimate of drug-likeness (QED) is 0.366. The fraction of sp³-hybridized carbons (Fsp3) is 0.452. The van der Waals surface area contributed by atoms with Gasteiger partial charge in [0.1, 0.15) is 11.9 Å². The molecule has 1 aromatic carbocycles. The Kier molecular flexibility index (Phi) is 8.66. The highest BCUT2D eigenvalue weighted by molar-refractivity contribution is 5.99. The van der Waals surface area contributed by atoms with E-state index in [4.69, 9.17) is 0 Å². The lowest BCUT2D eigenvalue weighted by molar-refractivity contribution is -0.140. The number of benzene rings is 1. The highest BCUT2D eigenvalue weighted by Crippen LogP contribution is 2.25. The second kappa shape index (κ2) is 12.5. The molecule has 0 bridgehead atoms. The Hall–Kier alpha value is -4.21. The molecule has 0 saturated carbocycles. The van der Waals surface area contributed by atoms with E-state index < -0.39 is 12.0 Å². The number of pyridine rings is 1. The number of fused-ring (bicyclic) bond motifs is 1. The molecule has 1 saturated heterocycles. The van der Waals surface area contributed by atoms with Crippen molar-refractivity contribution in [2.24, 2.45) is 5.92 Å². The van der Waals surface area contributed by atoms with Crippen molar-refractivity contribution in [3.63, 3.8) is 0 Å². The van der Waals surface area contributed by atoms with E-state index in [-0.39, 0.29) is 24.2 Å². The third kappa shape index (κ3) is 6.58. The first-order valence-corrected chi connectivity index (χ1v) is 14.5. The number of imidazole rings is 1. The van der Waals surface area contributed by atoms with E-state index >= 15 is 0 Å². The second-order valence-electron chi connectivity index (χ2n) is 11.1. The number of likely N-dealkylation sites (tertiary alicyclic amines) is 1. The van der Waals surface area contributed by atoms with Crippen LogP contribution in [0.15, 0.2) is 43.0 Å². The Morgan fingerprint density at radius 3 is 2.71 bits per heavy atom. The number of hydrogen-bond acceptors (Lipinski definition) is 6. The summed E-state index contributed by atoms with van der Waals surface area (Å²) in [5.74, 6) is -0.394. The van der Waals surface area contributed by atoms with Crippen LogP contribution in [0.5, 0.6) is 0 Å². The number of carboxylic acid groups (broad SMARTS) is 1. The average Bonchev–Trinajstić information content (AvgIpc) is 3.52. The summed E-state index contributed by atoms with van der Waals surface area (Å²) in [5.41, 5.74) is 5.02. The van der Waals surface area contributed by atoms with Crippen LogP contribution in [0.1, 0.15) is 65.3 Å². The SMILES string of the molecule is CCc1cc(-n2ccnc2)cc(C)c1C(=O)NC(CC1CCN(C(=O)Cc2ccc3c(n2)NCCC3)CC1)C(=O)O. The van der Waals surface area contributed by atoms with E-state index in [2.05, 4.69) is 26.7 Å². The van der Waals surface area contributed by atoms with E-state index in [9.17, 15) is 19.5 Å². The van der Waals surface area contributed by atoms with Crippen molar-refractivity contribution in [3.05, 3.63) is 70.9 Å². The molecule has 3 N–H and O–H groups in total. The number of rotatable bonds is 9. The van der Waals surface area contributed by atoms with Crippen LogP contribution in [0.2, 0.25) is 0 Å². The van der Waals surface area contributed by atoms with Gasteiger partial charge in [-0.1, -0.05) is 13.0 Å². The highest BCUT2D eigenvalue weighted by Gasteiger charge is 2.30. The molecular weight excluding hydrogens is 520 g/mol. The van der Waals surface area contributed by atoms with E-state index in [1.54, 1.807) is 12.5 Å². The predicted molar refractivity (Wildman–Crippen MR) is 155 cm³/mol. The maximum atomic E-state index is 13.3. The van der Waals surface area contributed by atoms with Crippen molar-refractivity contribution in [1.29, 1.82) is 0 Å². The van der Waals surface area contributed by atoms with Gasteiger partial charge in [-0.2, -0.15) is 0 Å². The summed E-state index contributed by atoms with van der Waals surface area (Å²) < 4.78 is 1.88. The molecule has 0 radical (unpaired) electrons. The fourth-order valence-electron chi connectivity index (χ4n) is 5.94. The van der Waals surface area contributed by atoms with Crippen molar-refractivity contribution in [2.75, 3.05) is 25.0 Å². The molecule has 2 aliphatic rings. The van der Waals surface area contributed by atoms with Crippen LogP contribution in [0.4, 0.5) is 5.82 Å². The molecule has 1 fully saturated rings. The number of nitrogens with zero attached hydrogens (tertiary/aromatic N) is 4. The normalized spacial score (nSPS) is 16.0. The smallest absolute Gasteiger partial charge is 0.326 e. The molecule has 41 heavy (non-hydrogen) atoms. The first-order chi connectivity index (χ1) is 19.8. The van der Waals surface area contributed by atoms with Crippen LogP contribution in [0.25, 0.3) is 5.69 Å². The average molecular weight is 559 g/mol. The number of anilines is 1. The third-order valence-electron chi connectivity index (χ3n) is 8.24. The monoisotopic (exact) mass is 558 g/mol. The summed E-state index contributed by atoms with van der Waals surface area (Å²) in [4.78, 5) is 49.1. The van der Waals surface area contributed by atoms with Crippen LogP contribution in [0, 0.1) is 12.8 Å². The Balaban J connectivity index is 1.17. The van der Waals surface area contributed by atoms with E-state index in [1.165, 1.54) is 5.56 Å². The number of amides is 2. The first-order valence-electron chi connectivity index (χ1n) is 14.5. The van der Waals surface area contributed by atoms with Gasteiger partial charge in [-0.15, -0.1) is 0 Å². The van der Waals surface area contributed by atoms with Gasteiger partial charge in [0.15, 0.2) is 0 Å². The number of carbonyl (C=O) groups excluding carboxylic acids is 2. The van der Waals surface area contributed by atoms with Gasteiger partial charge in [-0.3, -0.25) is 9.59 Å².